The van der Waals surface area contributed by atoms with E-state index in [1.807, 2.05) is 10.8 Å². The van der Waals surface area contributed by atoms with Gasteiger partial charge in [0.1, 0.15) is 11.1 Å². The van der Waals surface area contributed by atoms with E-state index in [2.05, 4.69) is 4.98 Å². The number of thiocarbonyl (C=S) groups is 1. The molecule has 0 aliphatic carbocycles. The highest BCUT2D eigenvalue weighted by molar-refractivity contribution is 7.92. The van der Waals surface area contributed by atoms with Crippen molar-refractivity contribution < 1.29 is 8.42 Å². The lowest BCUT2D eigenvalue weighted by Crippen LogP contribution is -2.47. The zero-order valence-electron chi connectivity index (χ0n) is 10.1. The molecule has 0 spiro atoms. The molecule has 18 heavy (non-hydrogen) atoms. The molecule has 2 rings (SSSR count). The zero-order chi connectivity index (χ0) is 13.3. The van der Waals surface area contributed by atoms with Crippen molar-refractivity contribution in [2.45, 2.75) is 31.7 Å². The third-order valence-electron chi connectivity index (χ3n) is 3.12. The second kappa shape index (κ2) is 4.94. The molecular formula is C10H16N4O2S2. The quantitative estimate of drug-likeness (QED) is 0.794. The predicted octanol–water partition coefficient (Wildman–Crippen LogP) is 0.0932. The topological polar surface area (TPSA) is 81.2 Å². The van der Waals surface area contributed by atoms with E-state index in [-0.39, 0.29) is 11.5 Å². The molecule has 2 N–H and O–H groups in total. The molecule has 8 heteroatoms. The van der Waals surface area contributed by atoms with Crippen LogP contribution >= 0.6 is 12.2 Å². The fourth-order valence-corrected chi connectivity index (χ4v) is 4.34. The van der Waals surface area contributed by atoms with Crippen LogP contribution in [0.5, 0.6) is 0 Å². The Bertz CT molecular complexity index is 552. The Hall–Kier alpha value is -0.990. The van der Waals surface area contributed by atoms with Gasteiger partial charge in [0.25, 0.3) is 0 Å². The average molecular weight is 288 g/mol. The van der Waals surface area contributed by atoms with Gasteiger partial charge >= 0.3 is 0 Å². The summed E-state index contributed by atoms with van der Waals surface area (Å²) in [7, 11) is -3.48. The summed E-state index contributed by atoms with van der Waals surface area (Å²) in [6.45, 7) is 3.11. The van der Waals surface area contributed by atoms with Crippen molar-refractivity contribution in [2.24, 2.45) is 5.73 Å². The Kier molecular flexibility index (Phi) is 3.69. The van der Waals surface area contributed by atoms with E-state index in [1.165, 1.54) is 4.31 Å². The average Bonchev–Trinajstić information content (AvgIpc) is 2.75. The first-order valence-corrected chi connectivity index (χ1v) is 7.66. The number of fused-ring (bicyclic) bond motifs is 1. The fraction of sp³-hybridized carbons (Fsp3) is 0.600. The van der Waals surface area contributed by atoms with Crippen LogP contribution < -0.4 is 5.73 Å². The molecule has 1 atom stereocenters. The fourth-order valence-electron chi connectivity index (χ4n) is 2.11. The van der Waals surface area contributed by atoms with E-state index >= 15 is 0 Å². The Morgan fingerprint density at radius 1 is 1.61 bits per heavy atom. The SMILES string of the molecule is CCC(C(N)=S)S(=O)(=O)N1CCn2ccnc2C1. The van der Waals surface area contributed by atoms with Crippen LogP contribution in [0.4, 0.5) is 0 Å². The third-order valence-corrected chi connectivity index (χ3v) is 5.89. The smallest absolute Gasteiger partial charge is 0.223 e. The number of nitrogens with two attached hydrogens (primary N) is 1. The molecule has 1 unspecified atom stereocenters. The van der Waals surface area contributed by atoms with E-state index in [1.54, 1.807) is 13.1 Å². The minimum absolute atomic E-state index is 0.0337. The maximum absolute atomic E-state index is 12.4. The summed E-state index contributed by atoms with van der Waals surface area (Å²) in [5.74, 6) is 0.752. The van der Waals surface area contributed by atoms with Gasteiger partial charge in [-0.15, -0.1) is 0 Å². The molecule has 0 amide bonds. The van der Waals surface area contributed by atoms with Gasteiger partial charge in [-0.2, -0.15) is 4.31 Å². The van der Waals surface area contributed by atoms with Gasteiger partial charge in [-0.25, -0.2) is 13.4 Å². The van der Waals surface area contributed by atoms with Gasteiger partial charge in [-0.3, -0.25) is 0 Å². The van der Waals surface area contributed by atoms with E-state index in [0.29, 0.717) is 19.5 Å². The second-order valence-electron chi connectivity index (χ2n) is 4.21. The Morgan fingerprint density at radius 3 is 2.94 bits per heavy atom. The molecule has 2 heterocycles. The summed E-state index contributed by atoms with van der Waals surface area (Å²) in [6, 6.07) is 0. The minimum atomic E-state index is -3.48. The van der Waals surface area contributed by atoms with Gasteiger partial charge in [0.15, 0.2) is 0 Å². The van der Waals surface area contributed by atoms with Crippen molar-refractivity contribution in [1.82, 2.24) is 13.9 Å². The predicted molar refractivity (Wildman–Crippen MR) is 72.4 cm³/mol. The van der Waals surface area contributed by atoms with Crippen LogP contribution in [0.2, 0.25) is 0 Å². The molecule has 1 aliphatic heterocycles. The van der Waals surface area contributed by atoms with E-state index in [0.717, 1.165) is 5.82 Å². The first kappa shape index (κ1) is 13.4. The number of sulfonamides is 1. The normalized spacial score (nSPS) is 18.3. The number of rotatable bonds is 4. The summed E-state index contributed by atoms with van der Waals surface area (Å²) >= 11 is 4.85. The number of hydrogen-bond donors (Lipinski definition) is 1. The number of hydrogen-bond acceptors (Lipinski definition) is 4. The molecule has 1 aromatic heterocycles. The van der Waals surface area contributed by atoms with Gasteiger partial charge in [0.05, 0.1) is 11.5 Å². The van der Waals surface area contributed by atoms with Crippen molar-refractivity contribution in [1.29, 1.82) is 0 Å². The lowest BCUT2D eigenvalue weighted by molar-refractivity contribution is 0.333. The standard InChI is InChI=1S/C10H16N4O2S2/c1-2-8(10(11)17)18(15,16)14-6-5-13-4-3-12-9(13)7-14/h3-4,8H,2,5-7H2,1H3,(H2,11,17). The van der Waals surface area contributed by atoms with Crippen LogP contribution in [0.25, 0.3) is 0 Å². The van der Waals surface area contributed by atoms with Crippen LogP contribution in [0, 0.1) is 0 Å². The zero-order valence-corrected chi connectivity index (χ0v) is 11.7. The van der Waals surface area contributed by atoms with Crippen molar-refractivity contribution in [3.05, 3.63) is 18.2 Å². The van der Waals surface area contributed by atoms with Crippen LogP contribution in [0.3, 0.4) is 0 Å². The lowest BCUT2D eigenvalue weighted by atomic mass is 10.3. The van der Waals surface area contributed by atoms with Gasteiger partial charge in [-0.1, -0.05) is 19.1 Å². The van der Waals surface area contributed by atoms with Crippen LogP contribution in [0.1, 0.15) is 19.2 Å². The molecule has 1 aliphatic rings. The number of aromatic nitrogens is 2. The Labute approximate surface area is 112 Å². The maximum atomic E-state index is 12.4. The second-order valence-corrected chi connectivity index (χ2v) is 6.80. The molecule has 6 nitrogen and oxygen atoms in total. The Balaban J connectivity index is 2.25. The number of nitrogens with zero attached hydrogens (tertiary/aromatic N) is 3. The summed E-state index contributed by atoms with van der Waals surface area (Å²) in [5, 5.41) is -0.783. The third kappa shape index (κ3) is 2.27. The van der Waals surface area contributed by atoms with Gasteiger partial charge in [0.2, 0.25) is 10.0 Å². The van der Waals surface area contributed by atoms with E-state index < -0.39 is 15.3 Å². The van der Waals surface area contributed by atoms with Crippen LogP contribution in [-0.4, -0.2) is 39.1 Å². The van der Waals surface area contributed by atoms with Crippen LogP contribution in [-0.2, 0) is 23.1 Å². The highest BCUT2D eigenvalue weighted by Gasteiger charge is 2.35. The molecule has 0 radical (unpaired) electrons. The van der Waals surface area contributed by atoms with Crippen molar-refractivity contribution >= 4 is 27.2 Å². The largest absolute Gasteiger partial charge is 0.392 e. The molecule has 0 saturated heterocycles. The molecular weight excluding hydrogens is 272 g/mol. The minimum Gasteiger partial charge on any atom is -0.392 e. The molecule has 100 valence electrons. The molecule has 1 aromatic rings. The first-order chi connectivity index (χ1) is 8.46. The first-order valence-electron chi connectivity index (χ1n) is 5.75. The monoisotopic (exact) mass is 288 g/mol. The van der Waals surface area contributed by atoms with Crippen LogP contribution in [0.15, 0.2) is 12.4 Å². The van der Waals surface area contributed by atoms with Gasteiger partial charge < -0.3 is 10.3 Å². The van der Waals surface area contributed by atoms with Crippen molar-refractivity contribution in [3.63, 3.8) is 0 Å². The number of imidazole rings is 1. The van der Waals surface area contributed by atoms with E-state index in [9.17, 15) is 8.42 Å². The summed E-state index contributed by atoms with van der Waals surface area (Å²) < 4.78 is 28.2. The van der Waals surface area contributed by atoms with Gasteiger partial charge in [-0.05, 0) is 6.42 Å². The van der Waals surface area contributed by atoms with Gasteiger partial charge in [0, 0.05) is 25.5 Å². The van der Waals surface area contributed by atoms with Crippen molar-refractivity contribution in [2.75, 3.05) is 6.54 Å². The van der Waals surface area contributed by atoms with E-state index in [4.69, 9.17) is 18.0 Å². The summed E-state index contributed by atoms with van der Waals surface area (Å²) in [5.41, 5.74) is 5.52. The lowest BCUT2D eigenvalue weighted by Gasteiger charge is -2.29. The molecule has 0 bridgehead atoms. The summed E-state index contributed by atoms with van der Waals surface area (Å²) in [4.78, 5) is 4.18. The molecule has 0 aromatic carbocycles. The summed E-state index contributed by atoms with van der Waals surface area (Å²) in [6.07, 6.45) is 3.92. The highest BCUT2D eigenvalue weighted by atomic mass is 32.2. The highest BCUT2D eigenvalue weighted by Crippen LogP contribution is 2.19. The molecule has 0 fully saturated rings. The molecule has 0 saturated carbocycles. The van der Waals surface area contributed by atoms with Crippen molar-refractivity contribution in [3.8, 4) is 0 Å². The Morgan fingerprint density at radius 2 is 2.33 bits per heavy atom. The maximum Gasteiger partial charge on any atom is 0.223 e.